The van der Waals surface area contributed by atoms with Crippen LogP contribution in [0.2, 0.25) is 0 Å². The Morgan fingerprint density at radius 3 is 2.20 bits per heavy atom. The first-order valence-corrected chi connectivity index (χ1v) is 7.41. The van der Waals surface area contributed by atoms with Gasteiger partial charge in [0.1, 0.15) is 0 Å². The zero-order chi connectivity index (χ0) is 11.5. The van der Waals surface area contributed by atoms with Crippen molar-refractivity contribution in [3.05, 3.63) is 0 Å². The lowest BCUT2D eigenvalue weighted by Gasteiger charge is -2.17. The summed E-state index contributed by atoms with van der Waals surface area (Å²) in [6.45, 7) is 6.99. The van der Waals surface area contributed by atoms with Crippen LogP contribution >= 0.6 is 15.9 Å². The lowest BCUT2D eigenvalue weighted by molar-refractivity contribution is 0.320. The summed E-state index contributed by atoms with van der Waals surface area (Å²) in [5.74, 6) is 0. The molecule has 0 amide bonds. The van der Waals surface area contributed by atoms with Gasteiger partial charge in [-0.15, -0.1) is 0 Å². The molecule has 0 aliphatic carbocycles. The van der Waals surface area contributed by atoms with Crippen LogP contribution in [0.4, 0.5) is 0 Å². The number of hydrogen-bond acceptors (Lipinski definition) is 1. The molecule has 0 aromatic rings. The van der Waals surface area contributed by atoms with Gasteiger partial charge in [-0.05, 0) is 33.0 Å². The van der Waals surface area contributed by atoms with Crippen LogP contribution in [0.5, 0.6) is 0 Å². The van der Waals surface area contributed by atoms with Crippen molar-refractivity contribution in [2.45, 2.75) is 63.6 Å². The van der Waals surface area contributed by atoms with Gasteiger partial charge >= 0.3 is 0 Å². The summed E-state index contributed by atoms with van der Waals surface area (Å²) in [5, 5.41) is 0. The van der Waals surface area contributed by atoms with Gasteiger partial charge < -0.3 is 4.90 Å². The van der Waals surface area contributed by atoms with Gasteiger partial charge in [-0.2, -0.15) is 0 Å². The maximum Gasteiger partial charge on any atom is 0.0129 e. The van der Waals surface area contributed by atoms with Crippen molar-refractivity contribution in [3.8, 4) is 0 Å². The normalized spacial score (nSPS) is 13.4. The molecule has 0 aromatic heterocycles. The molecule has 2 heteroatoms. The predicted octanol–water partition coefficient (Wildman–Crippen LogP) is 4.45. The van der Waals surface area contributed by atoms with Crippen LogP contribution in [0.25, 0.3) is 0 Å². The van der Waals surface area contributed by atoms with Crippen LogP contribution in [0, 0.1) is 0 Å². The highest BCUT2D eigenvalue weighted by atomic mass is 79.9. The Kier molecular flexibility index (Phi) is 11.3. The fourth-order valence-corrected chi connectivity index (χ4v) is 1.88. The number of unbranched alkanes of at least 4 members (excludes halogenated alkanes) is 5. The summed E-state index contributed by atoms with van der Waals surface area (Å²) in [7, 11) is 2.24. The van der Waals surface area contributed by atoms with Crippen molar-refractivity contribution in [2.24, 2.45) is 0 Å². The monoisotopic (exact) mass is 277 g/mol. The molecule has 0 N–H and O–H groups in total. The van der Waals surface area contributed by atoms with Gasteiger partial charge in [-0.1, -0.05) is 61.9 Å². The third-order valence-electron chi connectivity index (χ3n) is 2.80. The maximum absolute atomic E-state index is 3.59. The molecule has 0 heterocycles. The number of hydrogen-bond donors (Lipinski definition) is 0. The molecule has 0 aromatic carbocycles. The van der Waals surface area contributed by atoms with E-state index in [2.05, 4.69) is 41.7 Å². The molecule has 1 unspecified atom stereocenters. The van der Waals surface area contributed by atoms with Crippen LogP contribution in [0.15, 0.2) is 0 Å². The highest BCUT2D eigenvalue weighted by Crippen LogP contribution is 2.07. The minimum Gasteiger partial charge on any atom is -0.306 e. The van der Waals surface area contributed by atoms with Gasteiger partial charge in [-0.25, -0.2) is 0 Å². The lowest BCUT2D eigenvalue weighted by Crippen LogP contribution is -2.22. The molecule has 0 radical (unpaired) electrons. The van der Waals surface area contributed by atoms with Crippen molar-refractivity contribution in [3.63, 3.8) is 0 Å². The first-order chi connectivity index (χ1) is 7.16. The smallest absolute Gasteiger partial charge is 0.0129 e. The predicted molar refractivity (Wildman–Crippen MR) is 73.9 cm³/mol. The minimum absolute atomic E-state index is 0.657. The van der Waals surface area contributed by atoms with E-state index in [1.54, 1.807) is 0 Å². The molecule has 0 aliphatic heterocycles. The topological polar surface area (TPSA) is 3.24 Å². The van der Waals surface area contributed by atoms with Gasteiger partial charge in [-0.3, -0.25) is 0 Å². The van der Waals surface area contributed by atoms with Crippen LogP contribution in [0.3, 0.4) is 0 Å². The van der Waals surface area contributed by atoms with Gasteiger partial charge in [0.05, 0.1) is 0 Å². The third-order valence-corrected chi connectivity index (χ3v) is 3.26. The Hall–Kier alpha value is 0.440. The number of nitrogens with zero attached hydrogens (tertiary/aromatic N) is 1. The van der Waals surface area contributed by atoms with E-state index < -0.39 is 0 Å². The molecule has 0 saturated carbocycles. The molecule has 0 aliphatic rings. The molecule has 15 heavy (non-hydrogen) atoms. The van der Waals surface area contributed by atoms with Crippen LogP contribution < -0.4 is 0 Å². The molecule has 0 spiro atoms. The second-order valence-corrected chi connectivity index (χ2v) is 6.20. The molecule has 1 nitrogen and oxygen atoms in total. The van der Waals surface area contributed by atoms with E-state index in [1.807, 2.05) is 0 Å². The molecule has 92 valence electrons. The summed E-state index contributed by atoms with van der Waals surface area (Å²) < 4.78 is 0. The van der Waals surface area contributed by atoms with E-state index in [9.17, 15) is 0 Å². The highest BCUT2D eigenvalue weighted by Gasteiger charge is 2.00. The quantitative estimate of drug-likeness (QED) is 0.421. The maximum atomic E-state index is 3.59. The molecule has 0 bridgehead atoms. The van der Waals surface area contributed by atoms with Crippen molar-refractivity contribution in [1.82, 2.24) is 4.90 Å². The second-order valence-electron chi connectivity index (χ2n) is 4.64. The highest BCUT2D eigenvalue weighted by molar-refractivity contribution is 9.09. The number of alkyl halides is 1. The fraction of sp³-hybridized carbons (Fsp3) is 1.00. The van der Waals surface area contributed by atoms with E-state index in [0.717, 1.165) is 0 Å². The molecule has 0 saturated heterocycles. The van der Waals surface area contributed by atoms with Crippen LogP contribution in [-0.2, 0) is 0 Å². The van der Waals surface area contributed by atoms with Crippen molar-refractivity contribution in [2.75, 3.05) is 20.1 Å². The average Bonchev–Trinajstić information content (AvgIpc) is 2.20. The third kappa shape index (κ3) is 12.4. The van der Waals surface area contributed by atoms with Crippen LogP contribution in [-0.4, -0.2) is 29.9 Å². The van der Waals surface area contributed by atoms with E-state index in [1.165, 1.54) is 58.0 Å². The average molecular weight is 278 g/mol. The molecule has 0 rings (SSSR count). The Morgan fingerprint density at radius 1 is 1.00 bits per heavy atom. The molecular formula is C13H28BrN. The molecular weight excluding hydrogens is 250 g/mol. The lowest BCUT2D eigenvalue weighted by atomic mass is 10.1. The first-order valence-electron chi connectivity index (χ1n) is 6.49. The van der Waals surface area contributed by atoms with Crippen LogP contribution in [0.1, 0.15) is 58.8 Å². The van der Waals surface area contributed by atoms with Gasteiger partial charge in [0.25, 0.3) is 0 Å². The second kappa shape index (κ2) is 10.9. The molecule has 0 fully saturated rings. The van der Waals surface area contributed by atoms with E-state index in [-0.39, 0.29) is 0 Å². The van der Waals surface area contributed by atoms with Gasteiger partial charge in [0.15, 0.2) is 0 Å². The summed E-state index contributed by atoms with van der Waals surface area (Å²) in [5.41, 5.74) is 0. The van der Waals surface area contributed by atoms with Crippen molar-refractivity contribution in [1.29, 1.82) is 0 Å². The van der Waals surface area contributed by atoms with Crippen molar-refractivity contribution < 1.29 is 0 Å². The van der Waals surface area contributed by atoms with Crippen molar-refractivity contribution >= 4 is 15.9 Å². The van der Waals surface area contributed by atoms with E-state index >= 15 is 0 Å². The summed E-state index contributed by atoms with van der Waals surface area (Å²) >= 11 is 3.59. The zero-order valence-corrected chi connectivity index (χ0v) is 12.4. The van der Waals surface area contributed by atoms with Gasteiger partial charge in [0.2, 0.25) is 0 Å². The fourth-order valence-electron chi connectivity index (χ4n) is 1.67. The summed E-state index contributed by atoms with van der Waals surface area (Å²) in [4.78, 5) is 3.11. The Balaban J connectivity index is 3.13. The summed E-state index contributed by atoms with van der Waals surface area (Å²) in [6, 6.07) is 0. The van der Waals surface area contributed by atoms with Gasteiger partial charge in [0, 0.05) is 4.83 Å². The Bertz CT molecular complexity index is 126. The van der Waals surface area contributed by atoms with E-state index in [4.69, 9.17) is 0 Å². The Morgan fingerprint density at radius 2 is 1.60 bits per heavy atom. The Labute approximate surface area is 105 Å². The zero-order valence-electron chi connectivity index (χ0n) is 10.8. The number of halogens is 1. The first kappa shape index (κ1) is 15.4. The largest absolute Gasteiger partial charge is 0.306 e. The minimum atomic E-state index is 0.657. The standard InChI is InChI=1S/C13H28BrN/c1-4-5-6-7-8-9-11-15(3)12-10-13(2)14/h13H,4-12H2,1-3H3. The SMILES string of the molecule is CCCCCCCCN(C)CCC(C)Br. The molecule has 1 atom stereocenters. The summed E-state index contributed by atoms with van der Waals surface area (Å²) in [6.07, 6.45) is 9.66. The number of rotatable bonds is 10. The van der Waals surface area contributed by atoms with E-state index in [0.29, 0.717) is 4.83 Å².